The number of benzene rings is 2. The molecule has 1 aliphatic rings. The summed E-state index contributed by atoms with van der Waals surface area (Å²) >= 11 is 1.32. The number of carbonyl (C=O) groups is 1. The van der Waals surface area contributed by atoms with Gasteiger partial charge in [0.15, 0.2) is 0 Å². The first-order valence-corrected chi connectivity index (χ1v) is 9.15. The predicted octanol–water partition coefficient (Wildman–Crippen LogP) is 3.40. The average Bonchev–Trinajstić information content (AvgIpc) is 3.32. The summed E-state index contributed by atoms with van der Waals surface area (Å²) in [6, 6.07) is 15.9. The lowest BCUT2D eigenvalue weighted by Crippen LogP contribution is -2.28. The minimum atomic E-state index is -0.773. The molecule has 0 spiro atoms. The molecule has 1 aliphatic heterocycles. The van der Waals surface area contributed by atoms with Crippen LogP contribution in [0.2, 0.25) is 0 Å². The van der Waals surface area contributed by atoms with E-state index in [4.69, 9.17) is 4.84 Å². The van der Waals surface area contributed by atoms with Crippen LogP contribution in [0.1, 0.15) is 22.6 Å². The minimum absolute atomic E-state index is 0.269. The summed E-state index contributed by atoms with van der Waals surface area (Å²) in [7, 11) is 0. The molecule has 1 atom stereocenters. The van der Waals surface area contributed by atoms with Crippen LogP contribution in [0.5, 0.6) is 0 Å². The summed E-state index contributed by atoms with van der Waals surface area (Å²) in [4.78, 5) is 17.6. The van der Waals surface area contributed by atoms with Crippen LogP contribution in [0.3, 0.4) is 0 Å². The number of hydrogen-bond acceptors (Lipinski definition) is 6. The van der Waals surface area contributed by atoms with Gasteiger partial charge in [0.1, 0.15) is 10.8 Å². The average molecular weight is 382 g/mol. The zero-order chi connectivity index (χ0) is 18.6. The highest BCUT2D eigenvalue weighted by Crippen LogP contribution is 2.22. The largest absolute Gasteiger partial charge is 0.382 e. The SMILES string of the molecule is O=C(Nc1nnc(Cc2ccccc2)s1)[C@H]1CC(c2cccc(F)c2)=NO1. The lowest BCUT2D eigenvalue weighted by Gasteiger charge is -2.06. The molecule has 0 saturated carbocycles. The normalized spacial score (nSPS) is 15.9. The van der Waals surface area contributed by atoms with Gasteiger partial charge in [0, 0.05) is 18.4 Å². The molecule has 27 heavy (non-hydrogen) atoms. The molecule has 0 saturated heterocycles. The summed E-state index contributed by atoms with van der Waals surface area (Å²) in [5.74, 6) is -0.713. The number of rotatable bonds is 5. The highest BCUT2D eigenvalue weighted by molar-refractivity contribution is 7.15. The van der Waals surface area contributed by atoms with Crippen LogP contribution in [-0.4, -0.2) is 27.9 Å². The van der Waals surface area contributed by atoms with Crippen molar-refractivity contribution in [2.24, 2.45) is 5.16 Å². The number of nitrogens with one attached hydrogen (secondary N) is 1. The first-order chi connectivity index (χ1) is 13.2. The van der Waals surface area contributed by atoms with Crippen LogP contribution in [0.25, 0.3) is 0 Å². The molecule has 2 heterocycles. The monoisotopic (exact) mass is 382 g/mol. The lowest BCUT2D eigenvalue weighted by atomic mass is 10.0. The van der Waals surface area contributed by atoms with Gasteiger partial charge in [0.2, 0.25) is 11.2 Å². The van der Waals surface area contributed by atoms with E-state index in [1.807, 2.05) is 30.3 Å². The summed E-state index contributed by atoms with van der Waals surface area (Å²) < 4.78 is 13.3. The molecule has 1 aromatic heterocycles. The van der Waals surface area contributed by atoms with Gasteiger partial charge < -0.3 is 4.84 Å². The summed E-state index contributed by atoms with van der Waals surface area (Å²) in [6.07, 6.45) is 0.149. The topological polar surface area (TPSA) is 76.5 Å². The maximum Gasteiger partial charge on any atom is 0.270 e. The molecule has 0 radical (unpaired) electrons. The summed E-state index contributed by atoms with van der Waals surface area (Å²) in [5, 5.41) is 15.9. The Balaban J connectivity index is 1.35. The van der Waals surface area contributed by atoms with Gasteiger partial charge in [-0.15, -0.1) is 10.2 Å². The number of oxime groups is 1. The van der Waals surface area contributed by atoms with E-state index in [2.05, 4.69) is 20.7 Å². The number of halogens is 1. The van der Waals surface area contributed by atoms with Gasteiger partial charge in [-0.25, -0.2) is 4.39 Å². The third kappa shape index (κ3) is 4.17. The smallest absolute Gasteiger partial charge is 0.270 e. The molecular formula is C19H15FN4O2S. The van der Waals surface area contributed by atoms with Crippen molar-refractivity contribution in [3.63, 3.8) is 0 Å². The molecule has 0 unspecified atom stereocenters. The number of anilines is 1. The van der Waals surface area contributed by atoms with Crippen LogP contribution in [0.4, 0.5) is 9.52 Å². The summed E-state index contributed by atoms with van der Waals surface area (Å²) in [5.41, 5.74) is 2.27. The molecule has 136 valence electrons. The van der Waals surface area contributed by atoms with Gasteiger partial charge in [-0.05, 0) is 17.7 Å². The van der Waals surface area contributed by atoms with Crippen molar-refractivity contribution in [3.05, 3.63) is 76.5 Å². The van der Waals surface area contributed by atoms with E-state index in [0.29, 0.717) is 22.8 Å². The first-order valence-electron chi connectivity index (χ1n) is 8.33. The van der Waals surface area contributed by atoms with Crippen LogP contribution in [-0.2, 0) is 16.1 Å². The van der Waals surface area contributed by atoms with Crippen LogP contribution in [0.15, 0.2) is 59.8 Å². The zero-order valence-corrected chi connectivity index (χ0v) is 14.9. The summed E-state index contributed by atoms with van der Waals surface area (Å²) in [6.45, 7) is 0. The van der Waals surface area contributed by atoms with E-state index >= 15 is 0 Å². The number of amides is 1. The van der Waals surface area contributed by atoms with Crippen molar-refractivity contribution in [1.82, 2.24) is 10.2 Å². The van der Waals surface area contributed by atoms with Crippen molar-refractivity contribution in [3.8, 4) is 0 Å². The van der Waals surface area contributed by atoms with Crippen LogP contribution >= 0.6 is 11.3 Å². The van der Waals surface area contributed by atoms with Crippen LogP contribution in [0, 0.1) is 5.82 Å². The zero-order valence-electron chi connectivity index (χ0n) is 14.1. The first kappa shape index (κ1) is 17.3. The maximum atomic E-state index is 13.3. The van der Waals surface area contributed by atoms with E-state index in [9.17, 15) is 9.18 Å². The van der Waals surface area contributed by atoms with Crippen molar-refractivity contribution in [1.29, 1.82) is 0 Å². The molecule has 1 N–H and O–H groups in total. The van der Waals surface area contributed by atoms with Gasteiger partial charge in [0.05, 0.1) is 5.71 Å². The molecule has 0 fully saturated rings. The van der Waals surface area contributed by atoms with Crippen molar-refractivity contribution in [2.75, 3.05) is 5.32 Å². The van der Waals surface area contributed by atoms with Gasteiger partial charge in [-0.2, -0.15) is 0 Å². The van der Waals surface area contributed by atoms with Gasteiger partial charge in [0.25, 0.3) is 5.91 Å². The Labute approximate surface area is 158 Å². The second kappa shape index (κ2) is 7.63. The van der Waals surface area contributed by atoms with Gasteiger partial charge >= 0.3 is 0 Å². The number of nitrogens with zero attached hydrogens (tertiary/aromatic N) is 3. The molecule has 1 amide bonds. The van der Waals surface area contributed by atoms with E-state index in [1.165, 1.54) is 23.5 Å². The Kier molecular flexibility index (Phi) is 4.88. The molecular weight excluding hydrogens is 367 g/mol. The highest BCUT2D eigenvalue weighted by Gasteiger charge is 2.29. The number of aromatic nitrogens is 2. The van der Waals surface area contributed by atoms with Crippen molar-refractivity contribution >= 4 is 28.1 Å². The fourth-order valence-electron chi connectivity index (χ4n) is 2.69. The Morgan fingerprint density at radius 3 is 2.85 bits per heavy atom. The van der Waals surface area contributed by atoms with E-state index in [-0.39, 0.29) is 18.1 Å². The van der Waals surface area contributed by atoms with Crippen LogP contribution < -0.4 is 5.32 Å². The third-order valence-electron chi connectivity index (χ3n) is 4.01. The molecule has 0 bridgehead atoms. The minimum Gasteiger partial charge on any atom is -0.382 e. The van der Waals surface area contributed by atoms with E-state index in [0.717, 1.165) is 10.6 Å². The second-order valence-corrected chi connectivity index (χ2v) is 7.06. The van der Waals surface area contributed by atoms with Crippen molar-refractivity contribution < 1.29 is 14.0 Å². The Bertz CT molecular complexity index is 990. The second-order valence-electron chi connectivity index (χ2n) is 6.00. The molecule has 3 aromatic rings. The lowest BCUT2D eigenvalue weighted by molar-refractivity contribution is -0.125. The Hall–Kier alpha value is -3.13. The molecule has 4 rings (SSSR count). The molecule has 0 aliphatic carbocycles. The highest BCUT2D eigenvalue weighted by atomic mass is 32.1. The fraction of sp³-hybridized carbons (Fsp3) is 0.158. The number of carbonyl (C=O) groups excluding carboxylic acids is 1. The van der Waals surface area contributed by atoms with E-state index < -0.39 is 6.10 Å². The maximum absolute atomic E-state index is 13.3. The fourth-order valence-corrected chi connectivity index (χ4v) is 3.47. The quantitative estimate of drug-likeness (QED) is 0.734. The third-order valence-corrected chi connectivity index (χ3v) is 4.85. The molecule has 6 nitrogen and oxygen atoms in total. The van der Waals surface area contributed by atoms with Gasteiger partial charge in [-0.3, -0.25) is 10.1 Å². The number of hydrogen-bond donors (Lipinski definition) is 1. The Morgan fingerprint density at radius 1 is 1.19 bits per heavy atom. The molecule has 2 aromatic carbocycles. The standard InChI is InChI=1S/C19H15FN4O2S/c20-14-8-4-7-13(10-14)15-11-16(26-24-15)18(25)21-19-23-22-17(27-19)9-12-5-2-1-3-6-12/h1-8,10,16H,9,11H2,(H,21,23,25)/t16-/m1/s1. The van der Waals surface area contributed by atoms with Crippen molar-refractivity contribution in [2.45, 2.75) is 18.9 Å². The van der Waals surface area contributed by atoms with Gasteiger partial charge in [-0.1, -0.05) is 59.0 Å². The Morgan fingerprint density at radius 2 is 2.04 bits per heavy atom. The van der Waals surface area contributed by atoms with E-state index in [1.54, 1.807) is 12.1 Å². The predicted molar refractivity (Wildman–Crippen MR) is 100 cm³/mol. The molecule has 8 heteroatoms.